The van der Waals surface area contributed by atoms with E-state index in [4.69, 9.17) is 4.74 Å². The molecule has 0 aromatic heterocycles. The van der Waals surface area contributed by atoms with Crippen LogP contribution in [-0.4, -0.2) is 49.4 Å². The molecule has 176 valence electrons. The minimum absolute atomic E-state index is 0.0284. The van der Waals surface area contributed by atoms with Crippen molar-refractivity contribution < 1.29 is 24.3 Å². The van der Waals surface area contributed by atoms with Crippen molar-refractivity contribution in [2.45, 2.75) is 40.2 Å². The van der Waals surface area contributed by atoms with Gasteiger partial charge in [-0.05, 0) is 50.5 Å². The summed E-state index contributed by atoms with van der Waals surface area (Å²) in [5.41, 5.74) is 2.21. The molecule has 1 unspecified atom stereocenters. The Morgan fingerprint density at radius 3 is 2.21 bits per heavy atom. The second-order valence-electron chi connectivity index (χ2n) is 8.46. The summed E-state index contributed by atoms with van der Waals surface area (Å²) in [7, 11) is 0. The van der Waals surface area contributed by atoms with E-state index in [1.807, 2.05) is 50.2 Å². The quantitative estimate of drug-likeness (QED) is 0.341. The molecule has 1 saturated heterocycles. The van der Waals surface area contributed by atoms with Crippen molar-refractivity contribution in [1.29, 1.82) is 0 Å². The van der Waals surface area contributed by atoms with Gasteiger partial charge in [-0.25, -0.2) is 0 Å². The third kappa shape index (κ3) is 5.45. The zero-order chi connectivity index (χ0) is 24.0. The van der Waals surface area contributed by atoms with Gasteiger partial charge in [-0.3, -0.25) is 9.59 Å². The van der Waals surface area contributed by atoms with Gasteiger partial charge in [0.25, 0.3) is 5.91 Å². The highest BCUT2D eigenvalue weighted by molar-refractivity contribution is 6.46. The van der Waals surface area contributed by atoms with Gasteiger partial charge in [0.05, 0.1) is 38.8 Å². The summed E-state index contributed by atoms with van der Waals surface area (Å²) in [4.78, 5) is 29.0. The number of likely N-dealkylation sites (tertiary alicyclic amines) is 1. The smallest absolute Gasteiger partial charge is 0.295 e. The van der Waals surface area contributed by atoms with Gasteiger partial charge in [-0.2, -0.15) is 0 Å². The van der Waals surface area contributed by atoms with Gasteiger partial charge in [0, 0.05) is 5.57 Å². The van der Waals surface area contributed by atoms with Crippen LogP contribution in [0.4, 0.5) is 0 Å². The molecule has 1 fully saturated rings. The number of nitrogens with zero attached hydrogens (tertiary/aromatic N) is 1. The van der Waals surface area contributed by atoms with Gasteiger partial charge < -0.3 is 19.6 Å². The number of carbonyl (C=O) groups is 2. The Bertz CT molecular complexity index is 992. The first-order valence-electron chi connectivity index (χ1n) is 11.8. The number of carbonyl (C=O) groups excluding carboxylic acids is 2. The van der Waals surface area contributed by atoms with Crippen LogP contribution in [0.5, 0.6) is 5.75 Å². The zero-order valence-electron chi connectivity index (χ0n) is 20.0. The highest BCUT2D eigenvalue weighted by Gasteiger charge is 2.44. The van der Waals surface area contributed by atoms with E-state index < -0.39 is 17.7 Å². The van der Waals surface area contributed by atoms with Gasteiger partial charge >= 0.3 is 0 Å². The number of likely N-dealkylation sites (N-methyl/N-ethyl adjacent to an activating group) is 1. The molecule has 6 heteroatoms. The van der Waals surface area contributed by atoms with Crippen molar-refractivity contribution in [3.05, 3.63) is 70.8 Å². The molecule has 0 aliphatic carbocycles. The number of rotatable bonds is 10. The van der Waals surface area contributed by atoms with Crippen molar-refractivity contribution in [2.75, 3.05) is 32.8 Å². The maximum Gasteiger partial charge on any atom is 0.295 e. The molecular formula is C27H34N2O4. The predicted octanol–water partition coefficient (Wildman–Crippen LogP) is 1.93. The second-order valence-corrected chi connectivity index (χ2v) is 8.46. The molecule has 33 heavy (non-hydrogen) atoms. The minimum Gasteiger partial charge on any atom is -0.872 e. The van der Waals surface area contributed by atoms with Gasteiger partial charge in [0.15, 0.2) is 0 Å². The van der Waals surface area contributed by atoms with Crippen molar-refractivity contribution >= 4 is 17.4 Å². The molecule has 1 amide bonds. The minimum atomic E-state index is -0.702. The Morgan fingerprint density at radius 1 is 1.00 bits per heavy atom. The van der Waals surface area contributed by atoms with Crippen LogP contribution in [0.2, 0.25) is 0 Å². The average molecular weight is 451 g/mol. The van der Waals surface area contributed by atoms with Gasteiger partial charge in [0.1, 0.15) is 5.75 Å². The number of nitrogens with one attached hydrogen (secondary N) is 1. The number of amides is 1. The van der Waals surface area contributed by atoms with Crippen LogP contribution >= 0.6 is 0 Å². The van der Waals surface area contributed by atoms with E-state index in [2.05, 4.69) is 13.8 Å². The molecule has 1 heterocycles. The Kier molecular flexibility index (Phi) is 8.28. The Hall–Kier alpha value is -3.12. The number of ketones is 1. The number of aryl methyl sites for hydroxylation is 1. The summed E-state index contributed by atoms with van der Waals surface area (Å²) in [6.07, 6.45) is 0.901. The van der Waals surface area contributed by atoms with Crippen molar-refractivity contribution in [3.63, 3.8) is 0 Å². The van der Waals surface area contributed by atoms with E-state index >= 15 is 0 Å². The summed E-state index contributed by atoms with van der Waals surface area (Å²) >= 11 is 0. The normalized spacial score (nSPS) is 17.7. The molecule has 6 nitrogen and oxygen atoms in total. The van der Waals surface area contributed by atoms with E-state index in [1.165, 1.54) is 4.90 Å². The van der Waals surface area contributed by atoms with Crippen LogP contribution in [-0.2, 0) is 9.59 Å². The molecule has 1 aliphatic heterocycles. The molecule has 2 aromatic rings. The summed E-state index contributed by atoms with van der Waals surface area (Å²) in [6, 6.07) is 13.8. The number of quaternary nitrogens is 1. The molecule has 0 spiro atoms. The zero-order valence-corrected chi connectivity index (χ0v) is 20.0. The first-order chi connectivity index (χ1) is 15.9. The van der Waals surface area contributed by atoms with E-state index in [0.717, 1.165) is 36.4 Å². The SMILES string of the molecule is CCCOc1ccc(C2/C(=C(\[O-])c3ccc(C)cc3)C(=O)C(=O)N2CC[NH+](CC)CC)cc1. The average Bonchev–Trinajstić information content (AvgIpc) is 3.08. The van der Waals surface area contributed by atoms with E-state index in [9.17, 15) is 14.7 Å². The maximum absolute atomic E-state index is 13.4. The highest BCUT2D eigenvalue weighted by Crippen LogP contribution is 2.38. The summed E-state index contributed by atoms with van der Waals surface area (Å²) in [6.45, 7) is 11.8. The fraction of sp³-hybridized carbons (Fsp3) is 0.407. The molecule has 3 rings (SSSR count). The molecule has 1 aliphatic rings. The molecule has 1 atom stereocenters. The number of hydrogen-bond acceptors (Lipinski definition) is 4. The lowest BCUT2D eigenvalue weighted by Gasteiger charge is -2.28. The number of ether oxygens (including phenoxy) is 1. The standard InChI is InChI=1S/C27H34N2O4/c1-5-18-33-22-14-12-20(13-15-22)24-23(25(30)21-10-8-19(4)9-11-21)26(31)27(32)29(24)17-16-28(6-2)7-3/h8-15,24,30H,5-7,16-18H2,1-4H3/b25-23+. The summed E-state index contributed by atoms with van der Waals surface area (Å²) in [5, 5.41) is 13.4. The van der Waals surface area contributed by atoms with Crippen molar-refractivity contribution in [3.8, 4) is 5.75 Å². The van der Waals surface area contributed by atoms with E-state index in [-0.39, 0.29) is 11.3 Å². The Morgan fingerprint density at radius 2 is 1.64 bits per heavy atom. The first kappa shape index (κ1) is 24.5. The third-order valence-corrected chi connectivity index (χ3v) is 6.22. The number of Topliss-reactive ketones (excluding diaryl/α,β-unsaturated/α-hetero) is 1. The largest absolute Gasteiger partial charge is 0.872 e. The molecule has 0 bridgehead atoms. The van der Waals surface area contributed by atoms with Crippen LogP contribution in [0.25, 0.3) is 5.76 Å². The van der Waals surface area contributed by atoms with Crippen LogP contribution < -0.4 is 14.7 Å². The van der Waals surface area contributed by atoms with Crippen molar-refractivity contribution in [1.82, 2.24) is 4.90 Å². The molecule has 0 radical (unpaired) electrons. The molecule has 2 aromatic carbocycles. The van der Waals surface area contributed by atoms with Crippen LogP contribution in [0, 0.1) is 6.92 Å². The monoisotopic (exact) mass is 450 g/mol. The maximum atomic E-state index is 13.4. The fourth-order valence-electron chi connectivity index (χ4n) is 4.16. The van der Waals surface area contributed by atoms with Crippen LogP contribution in [0.15, 0.2) is 54.1 Å². The Labute approximate surface area is 196 Å². The summed E-state index contributed by atoms with van der Waals surface area (Å²) < 4.78 is 5.68. The van der Waals surface area contributed by atoms with Crippen LogP contribution in [0.1, 0.15) is 49.9 Å². The topological polar surface area (TPSA) is 74.1 Å². The second kappa shape index (κ2) is 11.1. The molecule has 1 N–H and O–H groups in total. The molecular weight excluding hydrogens is 416 g/mol. The van der Waals surface area contributed by atoms with E-state index in [1.54, 1.807) is 17.0 Å². The summed E-state index contributed by atoms with van der Waals surface area (Å²) in [5.74, 6) is -0.969. The van der Waals surface area contributed by atoms with Gasteiger partial charge in [-0.15, -0.1) is 0 Å². The number of benzene rings is 2. The van der Waals surface area contributed by atoms with Gasteiger partial charge in [-0.1, -0.05) is 54.6 Å². The van der Waals surface area contributed by atoms with Crippen LogP contribution in [0.3, 0.4) is 0 Å². The fourth-order valence-corrected chi connectivity index (χ4v) is 4.16. The number of hydrogen-bond donors (Lipinski definition) is 1. The lowest BCUT2D eigenvalue weighted by atomic mass is 9.95. The first-order valence-corrected chi connectivity index (χ1v) is 11.8. The van der Waals surface area contributed by atoms with Gasteiger partial charge in [0.2, 0.25) is 5.78 Å². The Balaban J connectivity index is 2.04. The van der Waals surface area contributed by atoms with E-state index in [0.29, 0.717) is 25.3 Å². The predicted molar refractivity (Wildman–Crippen MR) is 127 cm³/mol. The lowest BCUT2D eigenvalue weighted by Crippen LogP contribution is -3.12. The van der Waals surface area contributed by atoms with Crippen molar-refractivity contribution in [2.24, 2.45) is 0 Å². The lowest BCUT2D eigenvalue weighted by molar-refractivity contribution is -0.895. The highest BCUT2D eigenvalue weighted by atomic mass is 16.5. The molecule has 0 saturated carbocycles. The third-order valence-electron chi connectivity index (χ3n) is 6.22.